The lowest BCUT2D eigenvalue weighted by Crippen LogP contribution is -2.48. The van der Waals surface area contributed by atoms with E-state index in [4.69, 9.17) is 5.11 Å². The third-order valence-corrected chi connectivity index (χ3v) is 4.24. The molecule has 0 radical (unpaired) electrons. The highest BCUT2D eigenvalue weighted by Gasteiger charge is 2.23. The van der Waals surface area contributed by atoms with Gasteiger partial charge in [-0.05, 0) is 22.9 Å². The van der Waals surface area contributed by atoms with Gasteiger partial charge in [-0.1, -0.05) is 0 Å². The Morgan fingerprint density at radius 1 is 1.27 bits per heavy atom. The van der Waals surface area contributed by atoms with Gasteiger partial charge in [0.05, 0.1) is 5.69 Å². The fourth-order valence-corrected chi connectivity index (χ4v) is 3.21. The molecule has 3 rings (SSSR count). The van der Waals surface area contributed by atoms with E-state index < -0.39 is 0 Å². The van der Waals surface area contributed by atoms with Crippen LogP contribution in [-0.2, 0) is 4.79 Å². The Morgan fingerprint density at radius 3 is 2.50 bits per heavy atom. The number of hydrogen-bond donors (Lipinski definition) is 1. The van der Waals surface area contributed by atoms with Crippen LogP contribution >= 0.6 is 15.9 Å². The molecule has 1 fully saturated rings. The maximum Gasteiger partial charge on any atom is 0.219 e. The minimum Gasteiger partial charge on any atom is -0.400 e. The molecule has 2 aromatic heterocycles. The van der Waals surface area contributed by atoms with E-state index >= 15 is 0 Å². The second-order valence-electron chi connectivity index (χ2n) is 4.93. The van der Waals surface area contributed by atoms with Crippen molar-refractivity contribution in [2.75, 3.05) is 38.2 Å². The minimum atomic E-state index is 0.138. The molecule has 22 heavy (non-hydrogen) atoms. The summed E-state index contributed by atoms with van der Waals surface area (Å²) in [4.78, 5) is 24.4. The number of aromatic nitrogens is 3. The summed E-state index contributed by atoms with van der Waals surface area (Å²) in [6.45, 7) is 6.67. The molecule has 1 aliphatic rings. The van der Waals surface area contributed by atoms with E-state index in [9.17, 15) is 4.79 Å². The van der Waals surface area contributed by atoms with Crippen LogP contribution in [0.5, 0.6) is 0 Å². The van der Waals surface area contributed by atoms with E-state index in [1.165, 1.54) is 0 Å². The number of anilines is 1. The molecule has 2 aromatic rings. The monoisotopic (exact) mass is 369 g/mol. The highest BCUT2D eigenvalue weighted by atomic mass is 79.9. The van der Waals surface area contributed by atoms with E-state index in [2.05, 4.69) is 35.2 Å². The number of nitrogens with zero attached hydrogens (tertiary/aromatic N) is 5. The number of carbonyl (C=O) groups excluding carboxylic acids is 1. The summed E-state index contributed by atoms with van der Waals surface area (Å²) in [7, 11) is 1.00. The fraction of sp³-hybridized carbons (Fsp3) is 0.500. The van der Waals surface area contributed by atoms with E-state index in [-0.39, 0.29) is 5.91 Å². The Morgan fingerprint density at radius 2 is 1.91 bits per heavy atom. The number of rotatable bonds is 1. The average molecular weight is 370 g/mol. The second-order valence-corrected chi connectivity index (χ2v) is 5.68. The zero-order valence-electron chi connectivity index (χ0n) is 13.0. The van der Waals surface area contributed by atoms with Crippen LogP contribution in [0.1, 0.15) is 12.6 Å². The van der Waals surface area contributed by atoms with E-state index in [1.807, 2.05) is 18.0 Å². The number of aliphatic hydroxyl groups is 1. The summed E-state index contributed by atoms with van der Waals surface area (Å²) in [5, 5.41) is 7.00. The lowest BCUT2D eigenvalue weighted by molar-refractivity contribution is -0.129. The first kappa shape index (κ1) is 16.7. The molecule has 1 aliphatic heterocycles. The Hall–Kier alpha value is -1.67. The molecule has 1 N–H and O–H groups in total. The van der Waals surface area contributed by atoms with Crippen LogP contribution in [0.3, 0.4) is 0 Å². The van der Waals surface area contributed by atoms with Crippen LogP contribution in [0.25, 0.3) is 5.52 Å². The zero-order chi connectivity index (χ0) is 16.3. The SMILES string of the molecule is CC(=O)N1CCN(c2nc(Br)c3c(C)nccn23)CC1.CO. The number of aryl methyl sites for hydroxylation is 1. The molecule has 3 heterocycles. The quantitative estimate of drug-likeness (QED) is 0.813. The summed E-state index contributed by atoms with van der Waals surface area (Å²) in [6, 6.07) is 0. The number of piperazine rings is 1. The lowest BCUT2D eigenvalue weighted by Gasteiger charge is -2.34. The third-order valence-electron chi connectivity index (χ3n) is 3.68. The van der Waals surface area contributed by atoms with E-state index in [0.717, 1.165) is 55.1 Å². The second kappa shape index (κ2) is 7.06. The molecular formula is C14H20BrN5O2. The highest BCUT2D eigenvalue weighted by Crippen LogP contribution is 2.26. The van der Waals surface area contributed by atoms with Crippen molar-refractivity contribution >= 4 is 33.3 Å². The number of halogens is 1. The van der Waals surface area contributed by atoms with Crippen LogP contribution in [0, 0.1) is 6.92 Å². The van der Waals surface area contributed by atoms with Crippen molar-refractivity contribution < 1.29 is 9.90 Å². The van der Waals surface area contributed by atoms with E-state index in [0.29, 0.717) is 0 Å². The maximum atomic E-state index is 11.4. The number of carbonyl (C=O) groups is 1. The predicted molar refractivity (Wildman–Crippen MR) is 88.0 cm³/mol. The van der Waals surface area contributed by atoms with Crippen LogP contribution in [0.15, 0.2) is 17.0 Å². The van der Waals surface area contributed by atoms with Gasteiger partial charge in [-0.3, -0.25) is 14.2 Å². The van der Waals surface area contributed by atoms with Crippen LogP contribution in [0.2, 0.25) is 0 Å². The third kappa shape index (κ3) is 3.07. The minimum absolute atomic E-state index is 0.138. The Labute approximate surface area is 137 Å². The predicted octanol–water partition coefficient (Wildman–Crippen LogP) is 1.08. The summed E-state index contributed by atoms with van der Waals surface area (Å²) in [6.07, 6.45) is 3.71. The molecule has 1 amide bonds. The maximum absolute atomic E-state index is 11.4. The largest absolute Gasteiger partial charge is 0.400 e. The van der Waals surface area contributed by atoms with Crippen LogP contribution in [-0.4, -0.2) is 63.6 Å². The van der Waals surface area contributed by atoms with Gasteiger partial charge in [0.15, 0.2) is 0 Å². The normalized spacial score (nSPS) is 14.8. The molecule has 8 heteroatoms. The van der Waals surface area contributed by atoms with Gasteiger partial charge >= 0.3 is 0 Å². The van der Waals surface area contributed by atoms with Crippen molar-refractivity contribution in [3.63, 3.8) is 0 Å². The molecule has 0 atom stereocenters. The highest BCUT2D eigenvalue weighted by molar-refractivity contribution is 9.10. The van der Waals surface area contributed by atoms with Gasteiger partial charge in [-0.2, -0.15) is 0 Å². The van der Waals surface area contributed by atoms with Crippen molar-refractivity contribution in [3.8, 4) is 0 Å². The first-order valence-corrected chi connectivity index (χ1v) is 7.81. The van der Waals surface area contributed by atoms with Gasteiger partial charge in [-0.15, -0.1) is 0 Å². The Kier molecular flexibility index (Phi) is 5.36. The standard InChI is InChI=1S/C13H16BrN5O.CH4O/c1-9-11-12(14)16-13(19(11)4-3-15-9)18-7-5-17(6-8-18)10(2)20;1-2/h3-4H,5-8H2,1-2H3;2H,1H3. The summed E-state index contributed by atoms with van der Waals surface area (Å²) in [5.74, 6) is 1.04. The summed E-state index contributed by atoms with van der Waals surface area (Å²) >= 11 is 3.51. The molecule has 0 saturated carbocycles. The number of amides is 1. The first-order chi connectivity index (χ1) is 10.6. The molecule has 0 spiro atoms. The van der Waals surface area contributed by atoms with Gasteiger partial charge in [0, 0.05) is 52.6 Å². The molecule has 7 nitrogen and oxygen atoms in total. The van der Waals surface area contributed by atoms with Gasteiger partial charge in [0.1, 0.15) is 10.1 Å². The zero-order valence-corrected chi connectivity index (χ0v) is 14.5. The number of fused-ring (bicyclic) bond motifs is 1. The van der Waals surface area contributed by atoms with Gasteiger partial charge in [0.25, 0.3) is 0 Å². The lowest BCUT2D eigenvalue weighted by atomic mass is 10.3. The van der Waals surface area contributed by atoms with Gasteiger partial charge in [-0.25, -0.2) is 4.98 Å². The summed E-state index contributed by atoms with van der Waals surface area (Å²) in [5.41, 5.74) is 1.94. The smallest absolute Gasteiger partial charge is 0.219 e. The van der Waals surface area contributed by atoms with E-state index in [1.54, 1.807) is 13.1 Å². The van der Waals surface area contributed by atoms with Crippen LogP contribution in [0.4, 0.5) is 5.95 Å². The topological polar surface area (TPSA) is 74.0 Å². The van der Waals surface area contributed by atoms with Crippen molar-refractivity contribution in [3.05, 3.63) is 22.7 Å². The van der Waals surface area contributed by atoms with Crippen LogP contribution < -0.4 is 4.90 Å². The number of hydrogen-bond acceptors (Lipinski definition) is 5. The molecule has 1 saturated heterocycles. The molecule has 0 unspecified atom stereocenters. The first-order valence-electron chi connectivity index (χ1n) is 7.02. The van der Waals surface area contributed by atoms with Crippen molar-refractivity contribution in [1.29, 1.82) is 0 Å². The Balaban J connectivity index is 0.000000847. The van der Waals surface area contributed by atoms with Crippen molar-refractivity contribution in [2.24, 2.45) is 0 Å². The Bertz CT molecular complexity index is 665. The molecule has 0 aliphatic carbocycles. The average Bonchev–Trinajstić information content (AvgIpc) is 2.88. The van der Waals surface area contributed by atoms with Gasteiger partial charge in [0.2, 0.25) is 11.9 Å². The molecule has 120 valence electrons. The fourth-order valence-electron chi connectivity index (χ4n) is 2.58. The van der Waals surface area contributed by atoms with Crippen molar-refractivity contribution in [1.82, 2.24) is 19.3 Å². The number of imidazole rings is 1. The van der Waals surface area contributed by atoms with Crippen molar-refractivity contribution in [2.45, 2.75) is 13.8 Å². The molecule has 0 bridgehead atoms. The summed E-state index contributed by atoms with van der Waals surface area (Å²) < 4.78 is 2.86. The molecule has 0 aromatic carbocycles. The molecular weight excluding hydrogens is 350 g/mol. The number of aliphatic hydroxyl groups excluding tert-OH is 1. The van der Waals surface area contributed by atoms with Gasteiger partial charge < -0.3 is 14.9 Å².